The van der Waals surface area contributed by atoms with Crippen molar-refractivity contribution in [3.8, 4) is 22.6 Å². The number of amides is 1. The lowest BCUT2D eigenvalue weighted by molar-refractivity contribution is -0.111. The molecule has 0 aliphatic rings. The summed E-state index contributed by atoms with van der Waals surface area (Å²) < 4.78 is 27.3. The number of rotatable bonds is 7. The molecule has 0 fully saturated rings. The van der Waals surface area contributed by atoms with E-state index in [1.807, 2.05) is 0 Å². The minimum atomic E-state index is -0.602. The van der Waals surface area contributed by atoms with Crippen LogP contribution in [0.3, 0.4) is 0 Å². The number of fused-ring (bicyclic) bond motifs is 3. The van der Waals surface area contributed by atoms with E-state index in [4.69, 9.17) is 32.7 Å². The van der Waals surface area contributed by atoms with E-state index in [1.54, 1.807) is 41.2 Å². The zero-order chi connectivity index (χ0) is 27.0. The molecule has 3 aromatic heterocycles. The molecular formula is C26H19Cl2FN6O3. The van der Waals surface area contributed by atoms with Crippen LogP contribution in [0, 0.1) is 5.82 Å². The van der Waals surface area contributed by atoms with E-state index in [-0.39, 0.29) is 27.4 Å². The lowest BCUT2D eigenvalue weighted by atomic mass is 10.0. The van der Waals surface area contributed by atoms with Crippen LogP contribution >= 0.6 is 23.2 Å². The predicted molar refractivity (Wildman–Crippen MR) is 145 cm³/mol. The molecule has 0 atom stereocenters. The van der Waals surface area contributed by atoms with E-state index in [2.05, 4.69) is 32.2 Å². The van der Waals surface area contributed by atoms with Crippen LogP contribution in [0.5, 0.6) is 11.5 Å². The zero-order valence-electron chi connectivity index (χ0n) is 20.1. The largest absolute Gasteiger partial charge is 0.495 e. The Balaban J connectivity index is 1.66. The van der Waals surface area contributed by atoms with Gasteiger partial charge in [-0.3, -0.25) is 9.20 Å². The lowest BCUT2D eigenvalue weighted by Gasteiger charge is -2.16. The summed E-state index contributed by atoms with van der Waals surface area (Å²) in [5, 5.41) is 6.62. The van der Waals surface area contributed by atoms with Crippen LogP contribution in [0.1, 0.15) is 0 Å². The second-order valence-electron chi connectivity index (χ2n) is 7.92. The number of pyridine rings is 1. The smallest absolute Gasteiger partial charge is 0.247 e. The SMILES string of the molecule is C=CC(=O)Nc1cccc(F)c1Nc1ncc2cc(-c3c(Cl)c(OC)cc(OC)c3Cl)c3nccn3c2n1. The second kappa shape index (κ2) is 10.2. The zero-order valence-corrected chi connectivity index (χ0v) is 21.6. The average molecular weight is 553 g/mol. The van der Waals surface area contributed by atoms with E-state index in [9.17, 15) is 9.18 Å². The summed E-state index contributed by atoms with van der Waals surface area (Å²) in [4.78, 5) is 25.2. The molecule has 0 spiro atoms. The highest BCUT2D eigenvalue weighted by molar-refractivity contribution is 6.41. The number of anilines is 3. The minimum Gasteiger partial charge on any atom is -0.495 e. The quantitative estimate of drug-likeness (QED) is 0.229. The van der Waals surface area contributed by atoms with Crippen LogP contribution in [0.4, 0.5) is 21.7 Å². The van der Waals surface area contributed by atoms with Gasteiger partial charge in [0.2, 0.25) is 11.9 Å². The number of imidazole rings is 1. The Kier molecular flexibility index (Phi) is 6.75. The van der Waals surface area contributed by atoms with Crippen LogP contribution in [0.15, 0.2) is 61.6 Å². The minimum absolute atomic E-state index is 0.00239. The molecule has 5 rings (SSSR count). The van der Waals surface area contributed by atoms with Crippen molar-refractivity contribution < 1.29 is 18.7 Å². The summed E-state index contributed by atoms with van der Waals surface area (Å²) in [6, 6.07) is 7.67. The van der Waals surface area contributed by atoms with Gasteiger partial charge in [-0.15, -0.1) is 0 Å². The molecule has 5 aromatic rings. The maximum absolute atomic E-state index is 14.7. The molecule has 192 valence electrons. The highest BCUT2D eigenvalue weighted by Gasteiger charge is 2.23. The predicted octanol–water partition coefficient (Wildman–Crippen LogP) is 6.28. The van der Waals surface area contributed by atoms with E-state index in [0.717, 1.165) is 6.08 Å². The number of aromatic nitrogens is 4. The number of carbonyl (C=O) groups is 1. The first-order chi connectivity index (χ1) is 18.4. The van der Waals surface area contributed by atoms with Crippen molar-refractivity contribution in [3.05, 3.63) is 77.4 Å². The van der Waals surface area contributed by atoms with E-state index >= 15 is 0 Å². The Morgan fingerprint density at radius 3 is 2.53 bits per heavy atom. The molecule has 12 heteroatoms. The Hall–Kier alpha value is -4.41. The molecule has 38 heavy (non-hydrogen) atoms. The van der Waals surface area contributed by atoms with Crippen molar-refractivity contribution >= 4 is 63.1 Å². The van der Waals surface area contributed by atoms with Crippen molar-refractivity contribution in [2.45, 2.75) is 0 Å². The number of carbonyl (C=O) groups excluding carboxylic acids is 1. The Bertz CT molecular complexity index is 1710. The summed E-state index contributed by atoms with van der Waals surface area (Å²) >= 11 is 13.3. The Morgan fingerprint density at radius 1 is 1.11 bits per heavy atom. The topological polar surface area (TPSA) is 103 Å². The summed E-state index contributed by atoms with van der Waals surface area (Å²) in [5.74, 6) is -0.230. The summed E-state index contributed by atoms with van der Waals surface area (Å²) in [6.07, 6.45) is 5.98. The van der Waals surface area contributed by atoms with Gasteiger partial charge >= 0.3 is 0 Å². The molecule has 0 radical (unpaired) electrons. The highest BCUT2D eigenvalue weighted by atomic mass is 35.5. The molecular weight excluding hydrogens is 534 g/mol. The van der Waals surface area contributed by atoms with Gasteiger partial charge < -0.3 is 20.1 Å². The van der Waals surface area contributed by atoms with E-state index in [1.165, 1.54) is 26.4 Å². The number of hydrogen-bond acceptors (Lipinski definition) is 7. The van der Waals surface area contributed by atoms with Crippen LogP contribution in [-0.4, -0.2) is 39.5 Å². The number of hydrogen-bond donors (Lipinski definition) is 2. The number of nitrogens with one attached hydrogen (secondary N) is 2. The number of halogens is 3. The van der Waals surface area contributed by atoms with Gasteiger partial charge in [-0.1, -0.05) is 35.8 Å². The van der Waals surface area contributed by atoms with Gasteiger partial charge in [0.1, 0.15) is 28.7 Å². The molecule has 0 bridgehead atoms. The first kappa shape index (κ1) is 25.2. The fourth-order valence-electron chi connectivity index (χ4n) is 3.99. The Labute approximate surface area is 225 Å². The van der Waals surface area contributed by atoms with Crippen molar-refractivity contribution in [2.75, 3.05) is 24.9 Å². The van der Waals surface area contributed by atoms with Gasteiger partial charge in [0, 0.05) is 41.2 Å². The molecule has 0 saturated heterocycles. The molecule has 1 amide bonds. The number of benzene rings is 2. The normalized spacial score (nSPS) is 11.0. The summed E-state index contributed by atoms with van der Waals surface area (Å²) in [5.41, 5.74) is 2.27. The van der Waals surface area contributed by atoms with Gasteiger partial charge in [0.15, 0.2) is 5.65 Å². The molecule has 2 aromatic carbocycles. The van der Waals surface area contributed by atoms with Crippen molar-refractivity contribution in [1.29, 1.82) is 0 Å². The average Bonchev–Trinajstić information content (AvgIpc) is 3.41. The molecule has 2 N–H and O–H groups in total. The van der Waals surface area contributed by atoms with Gasteiger partial charge in [-0.25, -0.2) is 14.4 Å². The third-order valence-corrected chi connectivity index (χ3v) is 6.49. The van der Waals surface area contributed by atoms with Gasteiger partial charge in [0.05, 0.1) is 30.0 Å². The van der Waals surface area contributed by atoms with E-state index in [0.29, 0.717) is 39.3 Å². The molecule has 0 aliphatic heterocycles. The van der Waals surface area contributed by atoms with Crippen molar-refractivity contribution in [3.63, 3.8) is 0 Å². The van der Waals surface area contributed by atoms with Crippen LogP contribution in [0.25, 0.3) is 27.8 Å². The van der Waals surface area contributed by atoms with Crippen LogP contribution in [-0.2, 0) is 4.79 Å². The monoisotopic (exact) mass is 552 g/mol. The van der Waals surface area contributed by atoms with Crippen molar-refractivity contribution in [2.24, 2.45) is 0 Å². The first-order valence-electron chi connectivity index (χ1n) is 11.1. The third-order valence-electron chi connectivity index (χ3n) is 5.74. The van der Waals surface area contributed by atoms with Crippen molar-refractivity contribution in [1.82, 2.24) is 19.4 Å². The number of methoxy groups -OCH3 is 2. The van der Waals surface area contributed by atoms with Gasteiger partial charge in [-0.05, 0) is 24.3 Å². The van der Waals surface area contributed by atoms with Gasteiger partial charge in [-0.2, -0.15) is 4.98 Å². The first-order valence-corrected chi connectivity index (χ1v) is 11.8. The maximum atomic E-state index is 14.7. The van der Waals surface area contributed by atoms with Crippen LogP contribution < -0.4 is 20.1 Å². The summed E-state index contributed by atoms with van der Waals surface area (Å²) in [7, 11) is 2.99. The molecule has 0 saturated carbocycles. The standard InChI is InChI=1S/C26H19Cl2FN6O3/c1-4-19(36)32-16-7-5-6-15(29)23(16)33-26-31-12-13-10-14(25-30-8-9-35(25)24(13)34-26)20-21(27)17(37-2)11-18(38-3)22(20)28/h4-12H,1H2,2-3H3,(H,32,36)(H,31,33,34). The molecule has 3 heterocycles. The maximum Gasteiger partial charge on any atom is 0.247 e. The summed E-state index contributed by atoms with van der Waals surface area (Å²) in [6.45, 7) is 3.42. The number of ether oxygens (including phenoxy) is 2. The highest BCUT2D eigenvalue weighted by Crippen LogP contribution is 2.47. The third kappa shape index (κ3) is 4.33. The molecule has 0 unspecified atom stereocenters. The van der Waals surface area contributed by atoms with Gasteiger partial charge in [0.25, 0.3) is 0 Å². The fraction of sp³-hybridized carbons (Fsp3) is 0.0769. The number of nitrogens with zero attached hydrogens (tertiary/aromatic N) is 4. The Morgan fingerprint density at radius 2 is 1.84 bits per heavy atom. The fourth-order valence-corrected chi connectivity index (χ4v) is 4.69. The molecule has 9 nitrogen and oxygen atoms in total. The number of para-hydroxylation sites is 1. The molecule has 0 aliphatic carbocycles. The van der Waals surface area contributed by atoms with Crippen LogP contribution in [0.2, 0.25) is 10.0 Å². The van der Waals surface area contributed by atoms with E-state index < -0.39 is 11.7 Å². The second-order valence-corrected chi connectivity index (χ2v) is 8.67. The lowest BCUT2D eigenvalue weighted by Crippen LogP contribution is -2.11.